The van der Waals surface area contributed by atoms with Crippen molar-refractivity contribution in [1.82, 2.24) is 0 Å². The van der Waals surface area contributed by atoms with Crippen molar-refractivity contribution < 1.29 is 5.11 Å². The van der Waals surface area contributed by atoms with E-state index in [1.54, 1.807) is 0 Å². The zero-order chi connectivity index (χ0) is 5.72. The Morgan fingerprint density at radius 3 is 2.38 bits per heavy atom. The van der Waals surface area contributed by atoms with E-state index in [1.807, 2.05) is 19.1 Å². The molecule has 0 unspecified atom stereocenters. The lowest BCUT2D eigenvalue weighted by Gasteiger charge is -1.74. The Morgan fingerprint density at radius 1 is 1.38 bits per heavy atom. The normalized spacial score (nSPS) is 11.6. The van der Waals surface area contributed by atoms with Crippen molar-refractivity contribution >= 4 is 0 Å². The SMILES string of the molecule is Cc1ccc2c(O)c1-2. The quantitative estimate of drug-likeness (QED) is 0.541. The van der Waals surface area contributed by atoms with Gasteiger partial charge in [0.1, 0.15) is 5.75 Å². The summed E-state index contributed by atoms with van der Waals surface area (Å²) in [6, 6.07) is 3.96. The molecule has 0 amide bonds. The number of aryl methyl sites for hydroxylation is 1. The Hall–Kier alpha value is -0.980. The molecule has 0 aliphatic heterocycles. The van der Waals surface area contributed by atoms with Gasteiger partial charge in [-0.1, -0.05) is 12.1 Å². The summed E-state index contributed by atoms with van der Waals surface area (Å²) in [6.45, 7) is 2.00. The van der Waals surface area contributed by atoms with E-state index >= 15 is 0 Å². The fourth-order valence-electron chi connectivity index (χ4n) is 1.04. The van der Waals surface area contributed by atoms with E-state index in [0.717, 1.165) is 11.1 Å². The summed E-state index contributed by atoms with van der Waals surface area (Å²) >= 11 is 0. The maximum atomic E-state index is 8.89. The first-order valence-corrected chi connectivity index (χ1v) is 2.63. The molecule has 1 N–H and O–H groups in total. The minimum absolute atomic E-state index is 0.505. The highest BCUT2D eigenvalue weighted by molar-refractivity contribution is 5.96. The van der Waals surface area contributed by atoms with Gasteiger partial charge in [0.15, 0.2) is 0 Å². The van der Waals surface area contributed by atoms with Crippen molar-refractivity contribution in [3.8, 4) is 16.9 Å². The molecule has 0 spiro atoms. The van der Waals surface area contributed by atoms with Crippen LogP contribution in [0.5, 0.6) is 5.75 Å². The molecule has 0 atom stereocenters. The standard InChI is InChI=1S/C7H6O/c1-4-2-3-5-6(4)7(5)8/h2-3,8H,1H3. The second kappa shape index (κ2) is 0.895. The predicted octanol–water partition coefficient (Wildman–Crippen LogP) is 1.68. The van der Waals surface area contributed by atoms with Crippen LogP contribution in [0.15, 0.2) is 12.1 Å². The second-order valence-electron chi connectivity index (χ2n) is 2.15. The van der Waals surface area contributed by atoms with Crippen LogP contribution in [0.2, 0.25) is 0 Å². The van der Waals surface area contributed by atoms with Gasteiger partial charge in [-0.2, -0.15) is 0 Å². The third-order valence-electron chi connectivity index (χ3n) is 1.59. The van der Waals surface area contributed by atoms with E-state index in [1.165, 1.54) is 5.56 Å². The van der Waals surface area contributed by atoms with Crippen LogP contribution >= 0.6 is 0 Å². The summed E-state index contributed by atoms with van der Waals surface area (Å²) in [5.41, 5.74) is 3.31. The number of benzene rings is 1. The van der Waals surface area contributed by atoms with E-state index in [2.05, 4.69) is 0 Å². The molecule has 0 bridgehead atoms. The molecule has 1 heteroatoms. The monoisotopic (exact) mass is 106 g/mol. The lowest BCUT2D eigenvalue weighted by molar-refractivity contribution is 0.494. The minimum atomic E-state index is 0.505. The zero-order valence-electron chi connectivity index (χ0n) is 4.60. The second-order valence-corrected chi connectivity index (χ2v) is 2.15. The highest BCUT2D eigenvalue weighted by atomic mass is 16.3. The smallest absolute Gasteiger partial charge is 0.131 e. The van der Waals surface area contributed by atoms with E-state index in [0.29, 0.717) is 5.75 Å². The average molecular weight is 106 g/mol. The Balaban J connectivity index is 2.72. The average Bonchev–Trinajstić information content (AvgIpc) is 2.13. The Labute approximate surface area is 47.6 Å². The number of rotatable bonds is 0. The lowest BCUT2D eigenvalue weighted by Crippen LogP contribution is -1.53. The number of hydrogen-bond acceptors (Lipinski definition) is 1. The first kappa shape index (κ1) is 3.96. The Kier molecular flexibility index (Phi) is 0.442. The largest absolute Gasteiger partial charge is 0.507 e. The van der Waals surface area contributed by atoms with Gasteiger partial charge in [0.25, 0.3) is 0 Å². The van der Waals surface area contributed by atoms with Crippen LogP contribution in [-0.2, 0) is 0 Å². The number of phenols is 1. The Bertz CT molecular complexity index is 251. The topological polar surface area (TPSA) is 20.2 Å². The Morgan fingerprint density at radius 2 is 2.12 bits per heavy atom. The van der Waals surface area contributed by atoms with Gasteiger partial charge < -0.3 is 5.11 Å². The maximum absolute atomic E-state index is 8.89. The van der Waals surface area contributed by atoms with Gasteiger partial charge in [-0.25, -0.2) is 0 Å². The molecule has 40 valence electrons. The maximum Gasteiger partial charge on any atom is 0.131 e. The van der Waals surface area contributed by atoms with Crippen molar-refractivity contribution in [3.63, 3.8) is 0 Å². The fraction of sp³-hybridized carbons (Fsp3) is 0.143. The first-order chi connectivity index (χ1) is 3.80. The lowest BCUT2D eigenvalue weighted by atomic mass is 10.3. The fourth-order valence-corrected chi connectivity index (χ4v) is 1.04. The van der Waals surface area contributed by atoms with Crippen LogP contribution in [0, 0.1) is 6.92 Å². The molecule has 2 rings (SSSR count). The van der Waals surface area contributed by atoms with Crippen molar-refractivity contribution in [3.05, 3.63) is 17.7 Å². The third-order valence-corrected chi connectivity index (χ3v) is 1.59. The summed E-state index contributed by atoms with van der Waals surface area (Å²) in [6.07, 6.45) is 0. The first-order valence-electron chi connectivity index (χ1n) is 2.63. The van der Waals surface area contributed by atoms with E-state index in [9.17, 15) is 0 Å². The molecule has 0 aromatic carbocycles. The molecule has 2 aliphatic rings. The van der Waals surface area contributed by atoms with Gasteiger partial charge in [-0.05, 0) is 12.5 Å². The molecule has 2 aliphatic carbocycles. The van der Waals surface area contributed by atoms with Gasteiger partial charge in [0, 0.05) is 11.1 Å². The van der Waals surface area contributed by atoms with E-state index in [-0.39, 0.29) is 0 Å². The van der Waals surface area contributed by atoms with Crippen LogP contribution in [0.4, 0.5) is 0 Å². The molecule has 0 saturated carbocycles. The van der Waals surface area contributed by atoms with Crippen molar-refractivity contribution in [2.75, 3.05) is 0 Å². The molecule has 0 aromatic heterocycles. The molecular weight excluding hydrogens is 100 g/mol. The number of hydrogen-bond donors (Lipinski definition) is 1. The minimum Gasteiger partial charge on any atom is -0.507 e. The number of fused-ring (bicyclic) bond motifs is 1. The zero-order valence-corrected chi connectivity index (χ0v) is 4.60. The summed E-state index contributed by atoms with van der Waals surface area (Å²) < 4.78 is 0. The van der Waals surface area contributed by atoms with E-state index < -0.39 is 0 Å². The van der Waals surface area contributed by atoms with Crippen LogP contribution in [0.25, 0.3) is 11.1 Å². The summed E-state index contributed by atoms with van der Waals surface area (Å²) in [7, 11) is 0. The predicted molar refractivity (Wildman–Crippen MR) is 31.8 cm³/mol. The van der Waals surface area contributed by atoms with Gasteiger partial charge in [0.2, 0.25) is 0 Å². The van der Waals surface area contributed by atoms with Crippen LogP contribution in [0.1, 0.15) is 5.56 Å². The number of phenolic OH excluding ortho intramolecular Hbond substituents is 1. The molecule has 0 fully saturated rings. The highest BCUT2D eigenvalue weighted by Crippen LogP contribution is 2.52. The molecular formula is C7H6O. The van der Waals surface area contributed by atoms with Crippen molar-refractivity contribution in [2.24, 2.45) is 0 Å². The molecule has 1 nitrogen and oxygen atoms in total. The molecule has 0 radical (unpaired) electrons. The van der Waals surface area contributed by atoms with Crippen LogP contribution < -0.4 is 0 Å². The van der Waals surface area contributed by atoms with Crippen molar-refractivity contribution in [2.45, 2.75) is 6.92 Å². The number of aromatic hydroxyl groups is 1. The van der Waals surface area contributed by atoms with Gasteiger partial charge in [0.05, 0.1) is 0 Å². The van der Waals surface area contributed by atoms with Gasteiger partial charge in [-0.3, -0.25) is 0 Å². The van der Waals surface area contributed by atoms with Crippen molar-refractivity contribution in [1.29, 1.82) is 0 Å². The van der Waals surface area contributed by atoms with Gasteiger partial charge >= 0.3 is 0 Å². The summed E-state index contributed by atoms with van der Waals surface area (Å²) in [5.74, 6) is 0.505. The van der Waals surface area contributed by atoms with Crippen LogP contribution in [0.3, 0.4) is 0 Å². The molecule has 0 saturated heterocycles. The third kappa shape index (κ3) is 0.250. The highest BCUT2D eigenvalue weighted by Gasteiger charge is 2.25. The summed E-state index contributed by atoms with van der Waals surface area (Å²) in [4.78, 5) is 0. The van der Waals surface area contributed by atoms with E-state index in [4.69, 9.17) is 5.11 Å². The summed E-state index contributed by atoms with van der Waals surface area (Å²) in [5, 5.41) is 8.89. The molecule has 0 heterocycles. The molecule has 0 aromatic rings. The van der Waals surface area contributed by atoms with Crippen LogP contribution in [-0.4, -0.2) is 5.11 Å². The van der Waals surface area contributed by atoms with Gasteiger partial charge in [-0.15, -0.1) is 0 Å². The molecule has 8 heavy (non-hydrogen) atoms.